The Labute approximate surface area is 140 Å². The van der Waals surface area contributed by atoms with Crippen LogP contribution in [0.15, 0.2) is 24.3 Å². The van der Waals surface area contributed by atoms with Crippen LogP contribution in [0, 0.1) is 0 Å². The minimum atomic E-state index is -0.271. The molecule has 3 rings (SSSR count). The van der Waals surface area contributed by atoms with Gasteiger partial charge in [0.25, 0.3) is 5.91 Å². The van der Waals surface area contributed by atoms with Crippen LogP contribution in [0.2, 0.25) is 0 Å². The first-order valence-electron chi connectivity index (χ1n) is 7.45. The maximum atomic E-state index is 12.1. The average Bonchev–Trinajstić information content (AvgIpc) is 3.16. The third-order valence-electron chi connectivity index (χ3n) is 3.75. The van der Waals surface area contributed by atoms with Gasteiger partial charge < -0.3 is 16.0 Å². The first-order valence-corrected chi connectivity index (χ1v) is 7.45. The Balaban J connectivity index is 0.00000192. The average molecular weight is 338 g/mol. The van der Waals surface area contributed by atoms with Crippen LogP contribution in [0.4, 0.5) is 0 Å². The fourth-order valence-electron chi connectivity index (χ4n) is 2.59. The van der Waals surface area contributed by atoms with Gasteiger partial charge in [0.2, 0.25) is 5.91 Å². The number of aromatic nitrogens is 2. The number of fused-ring (bicyclic) bond motifs is 1. The van der Waals surface area contributed by atoms with Gasteiger partial charge in [-0.05, 0) is 19.0 Å². The van der Waals surface area contributed by atoms with Crippen molar-refractivity contribution in [1.29, 1.82) is 0 Å². The lowest BCUT2D eigenvalue weighted by Crippen LogP contribution is -2.38. The van der Waals surface area contributed by atoms with E-state index in [4.69, 9.17) is 0 Å². The number of benzene rings is 1. The summed E-state index contributed by atoms with van der Waals surface area (Å²) >= 11 is 0. The molecule has 7 nitrogen and oxygen atoms in total. The topological polar surface area (TPSA) is 98.9 Å². The number of para-hydroxylation sites is 1. The maximum absolute atomic E-state index is 12.1. The van der Waals surface area contributed by atoms with Gasteiger partial charge in [0.05, 0.1) is 5.52 Å². The van der Waals surface area contributed by atoms with Crippen molar-refractivity contribution in [3.05, 3.63) is 30.0 Å². The van der Waals surface area contributed by atoms with Gasteiger partial charge in [0, 0.05) is 30.9 Å². The number of carbonyl (C=O) groups is 2. The van der Waals surface area contributed by atoms with Crippen molar-refractivity contribution in [3.63, 3.8) is 0 Å². The molecule has 23 heavy (non-hydrogen) atoms. The van der Waals surface area contributed by atoms with Gasteiger partial charge >= 0.3 is 0 Å². The lowest BCUT2D eigenvalue weighted by atomic mass is 10.2. The van der Waals surface area contributed by atoms with Crippen LogP contribution in [0.25, 0.3) is 10.9 Å². The molecule has 4 N–H and O–H groups in total. The molecule has 1 aromatic carbocycles. The third kappa shape index (κ3) is 4.20. The summed E-state index contributed by atoms with van der Waals surface area (Å²) in [6.07, 6.45) is 1.22. The monoisotopic (exact) mass is 337 g/mol. The quantitative estimate of drug-likeness (QED) is 0.641. The molecule has 0 saturated carbocycles. The van der Waals surface area contributed by atoms with Gasteiger partial charge in [0.1, 0.15) is 0 Å². The Bertz CT molecular complexity index is 681. The molecule has 1 fully saturated rings. The molecule has 1 atom stereocenters. The van der Waals surface area contributed by atoms with Crippen LogP contribution in [0.3, 0.4) is 0 Å². The van der Waals surface area contributed by atoms with Crippen molar-refractivity contribution in [1.82, 2.24) is 26.1 Å². The third-order valence-corrected chi connectivity index (χ3v) is 3.75. The second kappa shape index (κ2) is 7.94. The number of hydrogen-bond acceptors (Lipinski definition) is 4. The number of rotatable bonds is 5. The normalized spacial score (nSPS) is 16.8. The smallest absolute Gasteiger partial charge is 0.272 e. The van der Waals surface area contributed by atoms with E-state index in [0.717, 1.165) is 30.4 Å². The predicted molar refractivity (Wildman–Crippen MR) is 89.7 cm³/mol. The molecule has 124 valence electrons. The van der Waals surface area contributed by atoms with E-state index in [-0.39, 0.29) is 36.7 Å². The molecule has 0 spiro atoms. The van der Waals surface area contributed by atoms with Crippen LogP contribution in [0.1, 0.15) is 23.3 Å². The molecule has 1 aliphatic heterocycles. The van der Waals surface area contributed by atoms with Crippen molar-refractivity contribution >= 4 is 35.1 Å². The van der Waals surface area contributed by atoms with Crippen molar-refractivity contribution in [2.75, 3.05) is 19.6 Å². The Morgan fingerprint density at radius 2 is 2.13 bits per heavy atom. The van der Waals surface area contributed by atoms with Gasteiger partial charge in [-0.25, -0.2) is 0 Å². The number of nitrogens with zero attached hydrogens (tertiary/aromatic N) is 1. The number of hydrogen-bond donors (Lipinski definition) is 4. The van der Waals surface area contributed by atoms with Crippen LogP contribution >= 0.6 is 12.4 Å². The minimum Gasteiger partial charge on any atom is -0.352 e. The van der Waals surface area contributed by atoms with Gasteiger partial charge in [-0.15, -0.1) is 12.4 Å². The molecule has 0 radical (unpaired) electrons. The summed E-state index contributed by atoms with van der Waals surface area (Å²) in [5.74, 6) is -0.311. The molecular formula is C15H20ClN5O2. The highest BCUT2D eigenvalue weighted by atomic mass is 35.5. The summed E-state index contributed by atoms with van der Waals surface area (Å²) in [6.45, 7) is 2.05. The highest BCUT2D eigenvalue weighted by molar-refractivity contribution is 6.04. The Kier molecular flexibility index (Phi) is 5.95. The molecule has 8 heteroatoms. The first kappa shape index (κ1) is 17.2. The summed E-state index contributed by atoms with van der Waals surface area (Å²) in [4.78, 5) is 23.9. The Morgan fingerprint density at radius 3 is 2.91 bits per heavy atom. The first-order chi connectivity index (χ1) is 10.7. The SMILES string of the molecule is Cl.O=C(CCNC(=O)c1n[nH]c2ccccc12)NC1CCNC1. The highest BCUT2D eigenvalue weighted by Gasteiger charge is 2.17. The summed E-state index contributed by atoms with van der Waals surface area (Å²) in [5, 5.41) is 16.5. The van der Waals surface area contributed by atoms with E-state index >= 15 is 0 Å². The molecule has 2 amide bonds. The molecule has 0 bridgehead atoms. The summed E-state index contributed by atoms with van der Waals surface area (Å²) in [5.41, 5.74) is 1.18. The second-order valence-electron chi connectivity index (χ2n) is 5.38. The highest BCUT2D eigenvalue weighted by Crippen LogP contribution is 2.14. The van der Waals surface area contributed by atoms with Gasteiger partial charge in [-0.3, -0.25) is 14.7 Å². The van der Waals surface area contributed by atoms with Crippen LogP contribution in [-0.2, 0) is 4.79 Å². The zero-order valence-corrected chi connectivity index (χ0v) is 13.4. The van der Waals surface area contributed by atoms with E-state index in [1.807, 2.05) is 24.3 Å². The number of nitrogens with one attached hydrogen (secondary N) is 4. The second-order valence-corrected chi connectivity index (χ2v) is 5.38. The molecule has 1 unspecified atom stereocenters. The lowest BCUT2D eigenvalue weighted by molar-refractivity contribution is -0.121. The molecule has 2 heterocycles. The summed E-state index contributed by atoms with van der Waals surface area (Å²) < 4.78 is 0. The van der Waals surface area contributed by atoms with Gasteiger partial charge in [-0.2, -0.15) is 5.10 Å². The van der Waals surface area contributed by atoms with E-state index in [1.165, 1.54) is 0 Å². The van der Waals surface area contributed by atoms with Crippen molar-refractivity contribution in [2.45, 2.75) is 18.9 Å². The number of amides is 2. The molecule has 0 aliphatic carbocycles. The number of halogens is 1. The van der Waals surface area contributed by atoms with Crippen LogP contribution in [-0.4, -0.2) is 47.7 Å². The van der Waals surface area contributed by atoms with Crippen molar-refractivity contribution in [3.8, 4) is 0 Å². The molecule has 1 aliphatic rings. The van der Waals surface area contributed by atoms with Gasteiger partial charge in [-0.1, -0.05) is 18.2 Å². The Morgan fingerprint density at radius 1 is 1.30 bits per heavy atom. The predicted octanol–water partition coefficient (Wildman–Crippen LogP) is 0.583. The van der Waals surface area contributed by atoms with Gasteiger partial charge in [0.15, 0.2) is 5.69 Å². The van der Waals surface area contributed by atoms with Crippen LogP contribution in [0.5, 0.6) is 0 Å². The van der Waals surface area contributed by atoms with E-state index in [0.29, 0.717) is 12.2 Å². The largest absolute Gasteiger partial charge is 0.352 e. The Hall–Kier alpha value is -2.12. The fraction of sp³-hybridized carbons (Fsp3) is 0.400. The van der Waals surface area contributed by atoms with Crippen LogP contribution < -0.4 is 16.0 Å². The zero-order chi connectivity index (χ0) is 15.4. The summed E-state index contributed by atoms with van der Waals surface area (Å²) in [6, 6.07) is 7.65. The minimum absolute atomic E-state index is 0. The molecule has 1 aromatic heterocycles. The lowest BCUT2D eigenvalue weighted by Gasteiger charge is -2.11. The summed E-state index contributed by atoms with van der Waals surface area (Å²) in [7, 11) is 0. The van der Waals surface area contributed by atoms with E-state index in [2.05, 4.69) is 26.1 Å². The van der Waals surface area contributed by atoms with Crippen molar-refractivity contribution < 1.29 is 9.59 Å². The van der Waals surface area contributed by atoms with E-state index in [1.54, 1.807) is 0 Å². The standard InChI is InChI=1S/C15H19N5O2.ClH/c21-13(18-10-5-7-16-9-10)6-8-17-15(22)14-11-3-1-2-4-12(11)19-20-14;/h1-4,10,16H,5-9H2,(H,17,22)(H,18,21)(H,19,20);1H. The molecule has 1 saturated heterocycles. The molecular weight excluding hydrogens is 318 g/mol. The number of H-pyrrole nitrogens is 1. The van der Waals surface area contributed by atoms with E-state index in [9.17, 15) is 9.59 Å². The molecule has 2 aromatic rings. The van der Waals surface area contributed by atoms with Crippen molar-refractivity contribution in [2.24, 2.45) is 0 Å². The van der Waals surface area contributed by atoms with E-state index < -0.39 is 0 Å². The fourth-order valence-corrected chi connectivity index (χ4v) is 2.59. The number of aromatic amines is 1. The number of carbonyl (C=O) groups excluding carboxylic acids is 2. The maximum Gasteiger partial charge on any atom is 0.272 e. The zero-order valence-electron chi connectivity index (χ0n) is 12.6.